The molecule has 1 saturated carbocycles. The Hall–Kier alpha value is -0.330. The molecular weight excluding hydrogens is 333 g/mol. The summed E-state index contributed by atoms with van der Waals surface area (Å²) in [5.74, 6) is -0.154. The number of methoxy groups -OCH3 is 1. The van der Waals surface area contributed by atoms with E-state index < -0.39 is 0 Å². The smallest absolute Gasteiger partial charge is 0.320 e. The molecule has 0 aromatic carbocycles. The van der Waals surface area contributed by atoms with Crippen LogP contribution in [0.4, 0.5) is 0 Å². The van der Waals surface area contributed by atoms with Crippen LogP contribution >= 0.6 is 22.6 Å². The molecule has 1 amide bonds. The van der Waals surface area contributed by atoms with Gasteiger partial charge in [-0.05, 0) is 18.3 Å². The van der Waals surface area contributed by atoms with Gasteiger partial charge in [0.15, 0.2) is 0 Å². The van der Waals surface area contributed by atoms with Crippen molar-refractivity contribution in [1.82, 2.24) is 5.32 Å². The Morgan fingerprint density at radius 1 is 1.53 bits per heavy atom. The average molecular weight is 353 g/mol. The van der Waals surface area contributed by atoms with Crippen LogP contribution in [0.25, 0.3) is 0 Å². The van der Waals surface area contributed by atoms with Crippen LogP contribution in [0.15, 0.2) is 0 Å². The molecule has 98 valence electrons. The molecular formula is C12H20INO3. The molecule has 0 saturated heterocycles. The van der Waals surface area contributed by atoms with Crippen LogP contribution in [-0.4, -0.2) is 29.5 Å². The number of carbonyl (C=O) groups is 2. The van der Waals surface area contributed by atoms with E-state index in [1.54, 1.807) is 0 Å². The van der Waals surface area contributed by atoms with E-state index in [9.17, 15) is 9.59 Å². The first-order chi connectivity index (χ1) is 7.88. The number of hydrogen-bond acceptors (Lipinski definition) is 3. The number of esters is 1. The van der Waals surface area contributed by atoms with Gasteiger partial charge in [0.25, 0.3) is 0 Å². The molecule has 0 heterocycles. The monoisotopic (exact) mass is 353 g/mol. The van der Waals surface area contributed by atoms with Gasteiger partial charge in [-0.15, -0.1) is 0 Å². The quantitative estimate of drug-likeness (QED) is 0.477. The zero-order valence-electron chi connectivity index (χ0n) is 10.6. The van der Waals surface area contributed by atoms with Crippen molar-refractivity contribution in [2.24, 2.45) is 11.3 Å². The summed E-state index contributed by atoms with van der Waals surface area (Å²) in [6.45, 7) is 4.61. The second-order valence-corrected chi connectivity index (χ2v) is 6.67. The molecule has 17 heavy (non-hydrogen) atoms. The van der Waals surface area contributed by atoms with Gasteiger partial charge in [0.2, 0.25) is 5.91 Å². The zero-order chi connectivity index (χ0) is 13.1. The predicted octanol–water partition coefficient (Wildman–Crippen LogP) is 1.91. The lowest BCUT2D eigenvalue weighted by molar-refractivity contribution is -0.139. The lowest BCUT2D eigenvalue weighted by Gasteiger charge is -2.26. The SMILES string of the molecule is COC(=O)C(I)CNC(=O)C1CCCC1(C)C. The number of alkyl halides is 1. The summed E-state index contributed by atoms with van der Waals surface area (Å²) >= 11 is 1.98. The molecule has 0 spiro atoms. The summed E-state index contributed by atoms with van der Waals surface area (Å²) in [6, 6.07) is 0. The molecule has 0 radical (unpaired) electrons. The van der Waals surface area contributed by atoms with E-state index >= 15 is 0 Å². The molecule has 1 aliphatic carbocycles. The molecule has 2 unspecified atom stereocenters. The standard InChI is InChI=1S/C12H20INO3/c1-12(2)6-4-5-8(12)10(15)14-7-9(13)11(16)17-3/h8-9H,4-7H2,1-3H3,(H,14,15). The van der Waals surface area contributed by atoms with Crippen molar-refractivity contribution in [3.8, 4) is 0 Å². The minimum atomic E-state index is -0.314. The fourth-order valence-electron chi connectivity index (χ4n) is 2.34. The molecule has 5 heteroatoms. The molecule has 0 aromatic rings. The summed E-state index contributed by atoms with van der Waals surface area (Å²) in [4.78, 5) is 23.2. The van der Waals surface area contributed by atoms with Crippen molar-refractivity contribution < 1.29 is 14.3 Å². The highest BCUT2D eigenvalue weighted by Gasteiger charge is 2.39. The zero-order valence-corrected chi connectivity index (χ0v) is 12.7. The van der Waals surface area contributed by atoms with Crippen LogP contribution in [0, 0.1) is 11.3 Å². The van der Waals surface area contributed by atoms with Crippen LogP contribution in [-0.2, 0) is 14.3 Å². The molecule has 1 N–H and O–H groups in total. The molecule has 2 atom stereocenters. The fraction of sp³-hybridized carbons (Fsp3) is 0.833. The number of amides is 1. The van der Waals surface area contributed by atoms with Gasteiger partial charge < -0.3 is 10.1 Å². The van der Waals surface area contributed by atoms with E-state index in [1.165, 1.54) is 7.11 Å². The van der Waals surface area contributed by atoms with Gasteiger partial charge in [-0.2, -0.15) is 0 Å². The minimum Gasteiger partial charge on any atom is -0.468 e. The van der Waals surface area contributed by atoms with E-state index in [2.05, 4.69) is 23.9 Å². The Kier molecular flexibility index (Phi) is 5.22. The molecule has 4 nitrogen and oxygen atoms in total. The van der Waals surface area contributed by atoms with Crippen LogP contribution < -0.4 is 5.32 Å². The van der Waals surface area contributed by atoms with Crippen molar-refractivity contribution in [3.05, 3.63) is 0 Å². The van der Waals surface area contributed by atoms with Crippen molar-refractivity contribution >= 4 is 34.5 Å². The largest absolute Gasteiger partial charge is 0.468 e. The Morgan fingerprint density at radius 3 is 2.65 bits per heavy atom. The first-order valence-electron chi connectivity index (χ1n) is 5.88. The Morgan fingerprint density at radius 2 is 2.18 bits per heavy atom. The van der Waals surface area contributed by atoms with Gasteiger partial charge in [0.1, 0.15) is 3.92 Å². The molecule has 0 bridgehead atoms. The number of rotatable bonds is 4. The second-order valence-electron chi connectivity index (χ2n) is 5.17. The van der Waals surface area contributed by atoms with Crippen LogP contribution in [0.2, 0.25) is 0 Å². The van der Waals surface area contributed by atoms with Gasteiger partial charge in [0, 0.05) is 12.5 Å². The number of halogens is 1. The lowest BCUT2D eigenvalue weighted by Crippen LogP contribution is -2.40. The molecule has 0 aliphatic heterocycles. The number of carbonyl (C=O) groups excluding carboxylic acids is 2. The van der Waals surface area contributed by atoms with Gasteiger partial charge in [0.05, 0.1) is 7.11 Å². The maximum Gasteiger partial charge on any atom is 0.320 e. The first-order valence-corrected chi connectivity index (χ1v) is 7.12. The summed E-state index contributed by atoms with van der Waals surface area (Å²) in [6.07, 6.45) is 3.15. The molecule has 1 rings (SSSR count). The van der Waals surface area contributed by atoms with Crippen LogP contribution in [0.3, 0.4) is 0 Å². The van der Waals surface area contributed by atoms with E-state index in [-0.39, 0.29) is 27.1 Å². The van der Waals surface area contributed by atoms with Gasteiger partial charge in [-0.3, -0.25) is 9.59 Å². The van der Waals surface area contributed by atoms with Gasteiger partial charge in [-0.1, -0.05) is 42.9 Å². The predicted molar refractivity (Wildman–Crippen MR) is 74.0 cm³/mol. The van der Waals surface area contributed by atoms with E-state index in [0.29, 0.717) is 6.54 Å². The maximum absolute atomic E-state index is 12.0. The van der Waals surface area contributed by atoms with Crippen LogP contribution in [0.5, 0.6) is 0 Å². The third-order valence-corrected chi connectivity index (χ3v) is 4.44. The van der Waals surface area contributed by atoms with E-state index in [4.69, 9.17) is 0 Å². The summed E-state index contributed by atoms with van der Waals surface area (Å²) in [7, 11) is 1.36. The average Bonchev–Trinajstić information content (AvgIpc) is 2.64. The third kappa shape index (κ3) is 3.82. The second kappa shape index (κ2) is 6.02. The summed E-state index contributed by atoms with van der Waals surface area (Å²) in [5.41, 5.74) is 0.0795. The first kappa shape index (κ1) is 14.7. The highest BCUT2D eigenvalue weighted by molar-refractivity contribution is 14.1. The van der Waals surface area contributed by atoms with Crippen molar-refractivity contribution in [2.75, 3.05) is 13.7 Å². The summed E-state index contributed by atoms with van der Waals surface area (Å²) in [5, 5.41) is 2.85. The molecule has 1 fully saturated rings. The minimum absolute atomic E-state index is 0.0677. The summed E-state index contributed by atoms with van der Waals surface area (Å²) < 4.78 is 4.30. The van der Waals surface area contributed by atoms with E-state index in [1.807, 2.05) is 22.6 Å². The molecule has 0 aromatic heterocycles. The maximum atomic E-state index is 12.0. The Bertz CT molecular complexity index is 304. The van der Waals surface area contributed by atoms with Crippen molar-refractivity contribution in [2.45, 2.75) is 37.0 Å². The normalized spacial score (nSPS) is 24.1. The van der Waals surface area contributed by atoms with Crippen LogP contribution in [0.1, 0.15) is 33.1 Å². The number of ether oxygens (including phenoxy) is 1. The van der Waals surface area contributed by atoms with E-state index in [0.717, 1.165) is 19.3 Å². The van der Waals surface area contributed by atoms with Gasteiger partial charge >= 0.3 is 5.97 Å². The van der Waals surface area contributed by atoms with Gasteiger partial charge in [-0.25, -0.2) is 0 Å². The Labute approximate surface area is 116 Å². The van der Waals surface area contributed by atoms with Crippen molar-refractivity contribution in [3.63, 3.8) is 0 Å². The fourth-order valence-corrected chi connectivity index (χ4v) is 2.81. The topological polar surface area (TPSA) is 55.4 Å². The number of hydrogen-bond donors (Lipinski definition) is 1. The van der Waals surface area contributed by atoms with Crippen molar-refractivity contribution in [1.29, 1.82) is 0 Å². The molecule has 1 aliphatic rings. The highest BCUT2D eigenvalue weighted by atomic mass is 127. The Balaban J connectivity index is 2.42. The number of nitrogens with one attached hydrogen (secondary N) is 1. The highest BCUT2D eigenvalue weighted by Crippen LogP contribution is 2.42. The third-order valence-electron chi connectivity index (χ3n) is 3.49. The lowest BCUT2D eigenvalue weighted by atomic mass is 9.81.